The monoisotopic (exact) mass is 330 g/mol. The number of hydroxylamine groups is 1. The minimum Gasteiger partial charge on any atom is -0.364 e. The lowest BCUT2D eigenvalue weighted by molar-refractivity contribution is -0.137. The Balaban J connectivity index is 2.27. The second kappa shape index (κ2) is 6.62. The van der Waals surface area contributed by atoms with Gasteiger partial charge in [-0.05, 0) is 34.6 Å². The van der Waals surface area contributed by atoms with E-state index in [1.807, 2.05) is 0 Å². The Morgan fingerprint density at radius 3 is 2.65 bits per heavy atom. The Kier molecular flexibility index (Phi) is 4.39. The average Bonchev–Trinajstić information content (AvgIpc) is 3.01. The fraction of sp³-hybridized carbons (Fsp3) is 0.250. The molecular formula is C12H13F3N6O2. The molecule has 0 radical (unpaired) electrons. The normalized spacial score (nSPS) is 12.9. The Hall–Kier alpha value is -2.66. The first kappa shape index (κ1) is 15.2. The van der Waals surface area contributed by atoms with Crippen molar-refractivity contribution < 1.29 is 24.4 Å². The third-order valence-electron chi connectivity index (χ3n) is 2.78. The number of amidine groups is 1. The predicted molar refractivity (Wildman–Crippen MR) is 74.4 cm³/mol. The molecule has 2 aromatic rings. The lowest BCUT2D eigenvalue weighted by Gasteiger charge is -2.17. The molecule has 1 heterocycles. The summed E-state index contributed by atoms with van der Waals surface area (Å²) in [6.45, 7) is 0.597. The number of hydrogen-bond donors (Lipinski definition) is 4. The van der Waals surface area contributed by atoms with E-state index in [9.17, 15) is 18.4 Å². The van der Waals surface area contributed by atoms with Gasteiger partial charge >= 0.3 is 6.18 Å². The number of rotatable bonds is 5. The van der Waals surface area contributed by atoms with Gasteiger partial charge < -0.3 is 11.1 Å². The van der Waals surface area contributed by atoms with Crippen molar-refractivity contribution in [3.05, 3.63) is 35.5 Å². The van der Waals surface area contributed by atoms with Gasteiger partial charge in [-0.1, -0.05) is 0 Å². The summed E-state index contributed by atoms with van der Waals surface area (Å²) in [7, 11) is 0. The number of anilines is 2. The summed E-state index contributed by atoms with van der Waals surface area (Å²) in [6.07, 6.45) is -4.50. The largest absolute Gasteiger partial charge is 0.416 e. The molecule has 124 valence electrons. The molecule has 11 heteroatoms. The molecular weight excluding hydrogens is 317 g/mol. The molecule has 0 unspecified atom stereocenters. The summed E-state index contributed by atoms with van der Waals surface area (Å²) in [5.74, 6) is -0.312. The van der Waals surface area contributed by atoms with E-state index in [2.05, 4.69) is 25.7 Å². The standard InChI is InChI=1S/C12H13F3N6O2/c13-12(14,15)7-1-3-8(4-2-7)21(22)10(17)9-11(18-6-5-16)20-23-19-9/h1-4,17,22H,5-6,16H2,(H,18,20)/b17-10-. The Morgan fingerprint density at radius 1 is 1.39 bits per heavy atom. The van der Waals surface area contributed by atoms with Crippen LogP contribution in [-0.4, -0.2) is 34.4 Å². The van der Waals surface area contributed by atoms with Crippen LogP contribution in [0.5, 0.6) is 0 Å². The minimum absolute atomic E-state index is 0.0539. The van der Waals surface area contributed by atoms with Crippen molar-refractivity contribution in [2.45, 2.75) is 6.18 Å². The van der Waals surface area contributed by atoms with E-state index in [1.165, 1.54) is 0 Å². The van der Waals surface area contributed by atoms with Crippen molar-refractivity contribution in [2.24, 2.45) is 5.73 Å². The third kappa shape index (κ3) is 3.76. The molecule has 0 amide bonds. The van der Waals surface area contributed by atoms with Gasteiger partial charge in [0, 0.05) is 13.1 Å². The molecule has 0 atom stereocenters. The molecule has 8 nitrogen and oxygen atoms in total. The topological polar surface area (TPSA) is 124 Å². The van der Waals surface area contributed by atoms with Gasteiger partial charge in [0.1, 0.15) is 0 Å². The van der Waals surface area contributed by atoms with Crippen LogP contribution >= 0.6 is 0 Å². The van der Waals surface area contributed by atoms with Crippen LogP contribution in [0.3, 0.4) is 0 Å². The van der Waals surface area contributed by atoms with Gasteiger partial charge in [-0.2, -0.15) is 13.2 Å². The molecule has 1 aromatic heterocycles. The fourth-order valence-electron chi connectivity index (χ4n) is 1.66. The maximum Gasteiger partial charge on any atom is 0.416 e. The van der Waals surface area contributed by atoms with Gasteiger partial charge in [0.25, 0.3) is 0 Å². The quantitative estimate of drug-likeness (QED) is 0.373. The maximum atomic E-state index is 12.6. The van der Waals surface area contributed by atoms with Crippen LogP contribution in [0.1, 0.15) is 11.3 Å². The number of aromatic nitrogens is 2. The highest BCUT2D eigenvalue weighted by Gasteiger charge is 2.30. The summed E-state index contributed by atoms with van der Waals surface area (Å²) in [6, 6.07) is 3.62. The molecule has 0 fully saturated rings. The molecule has 23 heavy (non-hydrogen) atoms. The van der Waals surface area contributed by atoms with Crippen molar-refractivity contribution >= 4 is 17.3 Å². The van der Waals surface area contributed by atoms with Gasteiger partial charge in [-0.25, -0.2) is 9.69 Å². The smallest absolute Gasteiger partial charge is 0.364 e. The van der Waals surface area contributed by atoms with Crippen LogP contribution in [0, 0.1) is 5.40 Å². The van der Waals surface area contributed by atoms with Crippen molar-refractivity contribution in [1.29, 1.82) is 5.40 Å². The minimum atomic E-state index is -4.50. The van der Waals surface area contributed by atoms with Crippen molar-refractivity contribution in [3.8, 4) is 0 Å². The van der Waals surface area contributed by atoms with Gasteiger partial charge in [0.2, 0.25) is 5.82 Å². The van der Waals surface area contributed by atoms with Crippen molar-refractivity contribution in [1.82, 2.24) is 10.3 Å². The van der Waals surface area contributed by atoms with Crippen LogP contribution in [0.25, 0.3) is 0 Å². The molecule has 0 saturated heterocycles. The van der Waals surface area contributed by atoms with Gasteiger partial charge in [-0.15, -0.1) is 0 Å². The first-order chi connectivity index (χ1) is 11.4. The highest BCUT2D eigenvalue weighted by Crippen LogP contribution is 2.30. The van der Waals surface area contributed by atoms with Gasteiger partial charge in [-0.3, -0.25) is 10.6 Å². The Bertz CT molecular complexity index is 704. The Labute approximate surface area is 129 Å². The summed E-state index contributed by atoms with van der Waals surface area (Å²) in [4.78, 5) is 0. The number of nitrogens with one attached hydrogen (secondary N) is 2. The van der Waals surface area contributed by atoms with Gasteiger partial charge in [0.15, 0.2) is 12.9 Å². The van der Waals surface area contributed by atoms with E-state index in [-0.39, 0.29) is 23.7 Å². The van der Waals surface area contributed by atoms with E-state index in [4.69, 9.17) is 7.15 Å². The number of alkyl halides is 3. The summed E-state index contributed by atoms with van der Waals surface area (Å²) >= 11 is 0. The van der Waals surface area contributed by atoms with Crippen LogP contribution in [0.4, 0.5) is 24.7 Å². The van der Waals surface area contributed by atoms with Crippen LogP contribution in [0.2, 0.25) is 1.41 Å². The lowest BCUT2D eigenvalue weighted by Crippen LogP contribution is -2.28. The molecule has 0 aliphatic carbocycles. The zero-order valence-corrected chi connectivity index (χ0v) is 11.6. The molecule has 1 aromatic carbocycles. The van der Waals surface area contributed by atoms with E-state index < -0.39 is 17.6 Å². The molecule has 0 aliphatic rings. The number of hydrogen-bond acceptors (Lipinski definition) is 7. The van der Waals surface area contributed by atoms with Crippen molar-refractivity contribution in [3.63, 3.8) is 0 Å². The molecule has 0 bridgehead atoms. The number of benzene rings is 1. The number of nitrogens with zero attached hydrogens (tertiary/aromatic N) is 3. The van der Waals surface area contributed by atoms with Crippen LogP contribution in [0.15, 0.2) is 28.9 Å². The maximum absolute atomic E-state index is 12.6. The zero-order valence-electron chi connectivity index (χ0n) is 12.6. The average molecular weight is 330 g/mol. The van der Waals surface area contributed by atoms with E-state index in [0.717, 1.165) is 24.3 Å². The Morgan fingerprint density at radius 2 is 2.09 bits per heavy atom. The van der Waals surface area contributed by atoms with E-state index in [0.29, 0.717) is 11.6 Å². The van der Waals surface area contributed by atoms with Gasteiger partial charge in [0.05, 0.1) is 11.3 Å². The molecule has 0 spiro atoms. The van der Waals surface area contributed by atoms with E-state index >= 15 is 0 Å². The lowest BCUT2D eigenvalue weighted by atomic mass is 10.2. The second-order valence-electron chi connectivity index (χ2n) is 4.36. The highest BCUT2D eigenvalue weighted by molar-refractivity contribution is 6.07. The summed E-state index contributed by atoms with van der Waals surface area (Å²) < 4.78 is 49.4. The summed E-state index contributed by atoms with van der Waals surface area (Å²) in [5.41, 5.74) is 4.32. The van der Waals surface area contributed by atoms with E-state index in [1.54, 1.807) is 0 Å². The zero-order chi connectivity index (χ0) is 17.7. The SMILES string of the molecule is [H]/N=C(/c1nonc1NCCN)N(O)c1ccc(C(F)(F)F)cc1. The van der Waals surface area contributed by atoms with Crippen molar-refractivity contribution in [2.75, 3.05) is 23.5 Å². The molecule has 0 saturated carbocycles. The number of halogens is 3. The van der Waals surface area contributed by atoms with Crippen LogP contribution in [-0.2, 0) is 6.18 Å². The number of nitrogens with two attached hydrogens (primary N) is 1. The molecule has 5 N–H and O–H groups in total. The predicted octanol–water partition coefficient (Wildman–Crippen LogP) is 1.68. The fourth-order valence-corrected chi connectivity index (χ4v) is 1.66. The third-order valence-corrected chi connectivity index (χ3v) is 2.78. The highest BCUT2D eigenvalue weighted by atomic mass is 19.4. The first-order valence-corrected chi connectivity index (χ1v) is 6.33. The second-order valence-corrected chi connectivity index (χ2v) is 4.36. The first-order valence-electron chi connectivity index (χ1n) is 6.78. The molecule has 2 rings (SSSR count). The molecule has 0 aliphatic heterocycles. The van der Waals surface area contributed by atoms with Crippen LogP contribution < -0.4 is 16.1 Å². The summed E-state index contributed by atoms with van der Waals surface area (Å²) in [5, 5.41) is 23.5.